The summed E-state index contributed by atoms with van der Waals surface area (Å²) in [7, 11) is 0. The first-order valence-electron chi connectivity index (χ1n) is 6.65. The zero-order valence-electron chi connectivity index (χ0n) is 12.0. The van der Waals surface area contributed by atoms with E-state index in [9.17, 15) is 0 Å². The Labute approximate surface area is 122 Å². The lowest BCUT2D eigenvalue weighted by atomic mass is 10.3. The van der Waals surface area contributed by atoms with Gasteiger partial charge >= 0.3 is 0 Å². The number of nitrogens with zero attached hydrogens (tertiary/aromatic N) is 3. The van der Waals surface area contributed by atoms with Crippen LogP contribution in [0.4, 0.5) is 11.6 Å². The summed E-state index contributed by atoms with van der Waals surface area (Å²) in [6.45, 7) is 6.21. The Morgan fingerprint density at radius 1 is 1.35 bits per heavy atom. The lowest BCUT2D eigenvalue weighted by molar-refractivity contribution is 0.816. The number of anilines is 2. The number of nitrogens with one attached hydrogen (secondary N) is 2. The first-order valence-corrected chi connectivity index (χ1v) is 7.47. The fourth-order valence-corrected chi connectivity index (χ4v) is 2.61. The van der Waals surface area contributed by atoms with Crippen molar-refractivity contribution in [2.24, 2.45) is 5.84 Å². The van der Waals surface area contributed by atoms with Crippen molar-refractivity contribution in [2.45, 2.75) is 39.7 Å². The van der Waals surface area contributed by atoms with Gasteiger partial charge in [-0.1, -0.05) is 6.92 Å². The molecule has 20 heavy (non-hydrogen) atoms. The van der Waals surface area contributed by atoms with Crippen LogP contribution >= 0.6 is 11.3 Å². The van der Waals surface area contributed by atoms with Crippen molar-refractivity contribution in [1.29, 1.82) is 0 Å². The van der Waals surface area contributed by atoms with Gasteiger partial charge in [-0.2, -0.15) is 0 Å². The molecule has 0 bridgehead atoms. The molecular formula is C13H20N6S. The number of aryl methyl sites for hydroxylation is 2. The fourth-order valence-electron chi connectivity index (χ4n) is 1.84. The lowest BCUT2D eigenvalue weighted by Crippen LogP contribution is -2.13. The van der Waals surface area contributed by atoms with Gasteiger partial charge in [-0.15, -0.1) is 11.3 Å². The maximum atomic E-state index is 5.45. The summed E-state index contributed by atoms with van der Waals surface area (Å²) in [5.41, 5.74) is 2.58. The Balaban J connectivity index is 2.17. The molecule has 4 N–H and O–H groups in total. The molecule has 0 amide bonds. The summed E-state index contributed by atoms with van der Waals surface area (Å²) in [6.07, 6.45) is 3.71. The van der Waals surface area contributed by atoms with Crippen LogP contribution in [0.3, 0.4) is 0 Å². The van der Waals surface area contributed by atoms with Gasteiger partial charge in [0.15, 0.2) is 0 Å². The van der Waals surface area contributed by atoms with E-state index in [0.29, 0.717) is 5.82 Å². The van der Waals surface area contributed by atoms with Crippen molar-refractivity contribution in [1.82, 2.24) is 15.0 Å². The van der Waals surface area contributed by atoms with Crippen LogP contribution in [0.25, 0.3) is 0 Å². The van der Waals surface area contributed by atoms with Crippen molar-refractivity contribution < 1.29 is 0 Å². The van der Waals surface area contributed by atoms with Gasteiger partial charge in [0.05, 0.1) is 6.04 Å². The Kier molecular flexibility index (Phi) is 4.86. The van der Waals surface area contributed by atoms with Gasteiger partial charge in [0.2, 0.25) is 0 Å². The van der Waals surface area contributed by atoms with Crippen molar-refractivity contribution >= 4 is 23.0 Å². The summed E-state index contributed by atoms with van der Waals surface area (Å²) >= 11 is 1.68. The van der Waals surface area contributed by atoms with E-state index in [2.05, 4.69) is 39.5 Å². The Hall–Kier alpha value is -1.73. The van der Waals surface area contributed by atoms with E-state index in [0.717, 1.165) is 29.5 Å². The van der Waals surface area contributed by atoms with Crippen molar-refractivity contribution in [3.63, 3.8) is 0 Å². The Morgan fingerprint density at radius 2 is 2.10 bits per heavy atom. The average molecular weight is 292 g/mol. The first-order chi connectivity index (χ1) is 9.62. The molecule has 2 aromatic heterocycles. The lowest BCUT2D eigenvalue weighted by Gasteiger charge is -2.13. The van der Waals surface area contributed by atoms with Gasteiger partial charge in [-0.25, -0.2) is 20.8 Å². The van der Waals surface area contributed by atoms with Crippen LogP contribution in [0.5, 0.6) is 0 Å². The molecule has 0 fully saturated rings. The van der Waals surface area contributed by atoms with Crippen molar-refractivity contribution in [3.05, 3.63) is 28.0 Å². The summed E-state index contributed by atoms with van der Waals surface area (Å²) in [6, 6.07) is 1.90. The smallest absolute Gasteiger partial charge is 0.145 e. The van der Waals surface area contributed by atoms with Crippen LogP contribution in [0.2, 0.25) is 0 Å². The predicted octanol–water partition coefficient (Wildman–Crippen LogP) is 2.65. The van der Waals surface area contributed by atoms with Gasteiger partial charge < -0.3 is 10.7 Å². The van der Waals surface area contributed by atoms with E-state index >= 15 is 0 Å². The summed E-state index contributed by atoms with van der Waals surface area (Å²) in [5.74, 6) is 7.62. The van der Waals surface area contributed by atoms with Gasteiger partial charge in [-0.3, -0.25) is 0 Å². The highest BCUT2D eigenvalue weighted by molar-refractivity contribution is 7.11. The number of nitrogen functional groups attached to an aromatic ring is 1. The normalized spacial score (nSPS) is 12.2. The van der Waals surface area contributed by atoms with Crippen LogP contribution in [-0.2, 0) is 6.42 Å². The number of hydrogen-bond donors (Lipinski definition) is 3. The van der Waals surface area contributed by atoms with Gasteiger partial charge in [0.25, 0.3) is 0 Å². The second-order valence-electron chi connectivity index (χ2n) is 4.62. The Bertz CT molecular complexity index is 568. The zero-order valence-corrected chi connectivity index (χ0v) is 12.8. The molecule has 0 aromatic carbocycles. The Morgan fingerprint density at radius 3 is 2.70 bits per heavy atom. The number of nitrogens with two attached hydrogens (primary N) is 1. The number of hydrogen-bond acceptors (Lipinski definition) is 7. The van der Waals surface area contributed by atoms with Gasteiger partial charge in [-0.05, 0) is 20.3 Å². The first kappa shape index (κ1) is 14.7. The summed E-state index contributed by atoms with van der Waals surface area (Å²) in [5, 5.41) is 4.39. The van der Waals surface area contributed by atoms with Gasteiger partial charge in [0.1, 0.15) is 22.5 Å². The molecule has 2 rings (SSSR count). The quantitative estimate of drug-likeness (QED) is 0.560. The molecule has 0 aliphatic heterocycles. The van der Waals surface area contributed by atoms with Crippen molar-refractivity contribution in [2.75, 3.05) is 10.7 Å². The van der Waals surface area contributed by atoms with Crippen molar-refractivity contribution in [3.8, 4) is 0 Å². The van der Waals surface area contributed by atoms with E-state index in [1.54, 1.807) is 17.4 Å². The maximum absolute atomic E-state index is 5.45. The number of rotatable bonds is 6. The molecule has 0 saturated heterocycles. The maximum Gasteiger partial charge on any atom is 0.145 e. The monoisotopic (exact) mass is 292 g/mol. The number of aromatic nitrogens is 3. The molecule has 0 saturated carbocycles. The number of hydrazine groups is 1. The third-order valence-corrected chi connectivity index (χ3v) is 3.86. The third kappa shape index (κ3) is 3.64. The van der Waals surface area contributed by atoms with E-state index in [4.69, 9.17) is 5.84 Å². The molecule has 0 radical (unpaired) electrons. The molecule has 2 aromatic rings. The minimum Gasteiger partial charge on any atom is -0.361 e. The molecule has 0 spiro atoms. The minimum atomic E-state index is 0.101. The highest BCUT2D eigenvalue weighted by Gasteiger charge is 2.11. The van der Waals surface area contributed by atoms with Crippen LogP contribution in [0, 0.1) is 6.92 Å². The second kappa shape index (κ2) is 6.62. The highest BCUT2D eigenvalue weighted by Crippen LogP contribution is 2.23. The minimum absolute atomic E-state index is 0.101. The van der Waals surface area contributed by atoms with Gasteiger partial charge in [0, 0.05) is 23.6 Å². The number of thiazole rings is 1. The summed E-state index contributed by atoms with van der Waals surface area (Å²) in [4.78, 5) is 14.4. The largest absolute Gasteiger partial charge is 0.361 e. The average Bonchev–Trinajstić information content (AvgIpc) is 2.85. The summed E-state index contributed by atoms with van der Waals surface area (Å²) < 4.78 is 0. The SMILES string of the molecule is CCCc1nc(NN)cc(NC(C)c2ncc(C)s2)n1. The molecule has 0 aliphatic carbocycles. The van der Waals surface area contributed by atoms with Crippen LogP contribution in [0.1, 0.15) is 42.0 Å². The molecule has 1 unspecified atom stereocenters. The molecule has 6 nitrogen and oxygen atoms in total. The van der Waals surface area contributed by atoms with Crippen LogP contribution < -0.4 is 16.6 Å². The van der Waals surface area contributed by atoms with E-state index < -0.39 is 0 Å². The van der Waals surface area contributed by atoms with E-state index in [1.807, 2.05) is 13.1 Å². The molecule has 7 heteroatoms. The third-order valence-electron chi connectivity index (χ3n) is 2.77. The topological polar surface area (TPSA) is 88.8 Å². The van der Waals surface area contributed by atoms with E-state index in [1.165, 1.54) is 4.88 Å². The fraction of sp³-hybridized carbons (Fsp3) is 0.462. The molecular weight excluding hydrogens is 272 g/mol. The molecule has 1 atom stereocenters. The standard InChI is InChI=1S/C13H20N6S/c1-4-5-10-17-11(6-12(18-10)19-14)16-9(3)13-15-7-8(2)20-13/h6-7,9H,4-5,14H2,1-3H3,(H2,16,17,18,19). The van der Waals surface area contributed by atoms with Crippen LogP contribution in [-0.4, -0.2) is 15.0 Å². The molecule has 2 heterocycles. The van der Waals surface area contributed by atoms with E-state index in [-0.39, 0.29) is 6.04 Å². The zero-order chi connectivity index (χ0) is 14.5. The molecule has 0 aliphatic rings. The van der Waals surface area contributed by atoms with Crippen LogP contribution in [0.15, 0.2) is 12.3 Å². The second-order valence-corrected chi connectivity index (χ2v) is 5.89. The molecule has 108 valence electrons. The predicted molar refractivity (Wildman–Crippen MR) is 82.7 cm³/mol. The highest BCUT2D eigenvalue weighted by atomic mass is 32.1.